The minimum Gasteiger partial charge on any atom is -0.497 e. The molecule has 128 valence electrons. The fourth-order valence-electron chi connectivity index (χ4n) is 2.81. The van der Waals surface area contributed by atoms with Gasteiger partial charge in [-0.1, -0.05) is 0 Å². The van der Waals surface area contributed by atoms with Crippen LogP contribution < -0.4 is 15.8 Å². The molecular formula is C17H19ClN2O4. The standard InChI is InChI=1S/C17H18N2O4.ClH/c1-9-15-13(20)4-3-5-14(15)23-16(9)17(21)19-12-8-10(22-2)6-7-11(12)18;/h6-8H,3-5,18H2,1-2H3,(H,19,21);1H. The Bertz CT molecular complexity index is 798. The highest BCUT2D eigenvalue weighted by Crippen LogP contribution is 2.31. The van der Waals surface area contributed by atoms with E-state index in [2.05, 4.69) is 5.32 Å². The first-order chi connectivity index (χ1) is 11.0. The number of amides is 1. The Labute approximate surface area is 145 Å². The van der Waals surface area contributed by atoms with Crippen LogP contribution in [0.1, 0.15) is 45.1 Å². The first-order valence-electron chi connectivity index (χ1n) is 7.41. The van der Waals surface area contributed by atoms with E-state index in [1.165, 1.54) is 7.11 Å². The monoisotopic (exact) mass is 350 g/mol. The number of carbonyl (C=O) groups excluding carboxylic acids is 2. The third-order valence-corrected chi connectivity index (χ3v) is 4.02. The van der Waals surface area contributed by atoms with E-state index in [1.807, 2.05) is 0 Å². The third-order valence-electron chi connectivity index (χ3n) is 4.02. The summed E-state index contributed by atoms with van der Waals surface area (Å²) < 4.78 is 10.8. The highest BCUT2D eigenvalue weighted by atomic mass is 35.5. The topological polar surface area (TPSA) is 94.6 Å². The van der Waals surface area contributed by atoms with Crippen molar-refractivity contribution in [3.05, 3.63) is 40.8 Å². The van der Waals surface area contributed by atoms with Crippen molar-refractivity contribution in [1.29, 1.82) is 0 Å². The number of rotatable bonds is 3. The van der Waals surface area contributed by atoms with Crippen molar-refractivity contribution in [3.63, 3.8) is 0 Å². The fourth-order valence-corrected chi connectivity index (χ4v) is 2.81. The molecule has 6 nitrogen and oxygen atoms in total. The smallest absolute Gasteiger partial charge is 0.291 e. The summed E-state index contributed by atoms with van der Waals surface area (Å²) in [6.45, 7) is 1.73. The second kappa shape index (κ2) is 6.97. The van der Waals surface area contributed by atoms with Gasteiger partial charge in [0.2, 0.25) is 0 Å². The zero-order valence-corrected chi connectivity index (χ0v) is 14.3. The summed E-state index contributed by atoms with van der Waals surface area (Å²) in [5.41, 5.74) is 7.88. The average Bonchev–Trinajstić information content (AvgIpc) is 2.88. The Morgan fingerprint density at radius 1 is 1.33 bits per heavy atom. The number of ketones is 1. The number of benzene rings is 1. The summed E-state index contributed by atoms with van der Waals surface area (Å²) in [5, 5.41) is 2.72. The second-order valence-electron chi connectivity index (χ2n) is 5.54. The van der Waals surface area contributed by atoms with Crippen LogP contribution in [0.4, 0.5) is 11.4 Å². The predicted octanol–water partition coefficient (Wildman–Crippen LogP) is 3.37. The van der Waals surface area contributed by atoms with Crippen molar-refractivity contribution in [3.8, 4) is 5.75 Å². The number of nitrogens with two attached hydrogens (primary N) is 1. The first kappa shape index (κ1) is 17.9. The van der Waals surface area contributed by atoms with Gasteiger partial charge in [-0.05, 0) is 25.5 Å². The molecule has 0 bridgehead atoms. The molecule has 0 unspecified atom stereocenters. The molecule has 3 rings (SSSR count). The van der Waals surface area contributed by atoms with Crippen molar-refractivity contribution >= 4 is 35.5 Å². The lowest BCUT2D eigenvalue weighted by Crippen LogP contribution is -2.14. The van der Waals surface area contributed by atoms with Crippen LogP contribution in [0, 0.1) is 6.92 Å². The molecule has 1 aliphatic carbocycles. The van der Waals surface area contributed by atoms with Gasteiger partial charge < -0.3 is 20.2 Å². The van der Waals surface area contributed by atoms with Gasteiger partial charge in [-0.3, -0.25) is 9.59 Å². The van der Waals surface area contributed by atoms with Crippen LogP contribution in [0.3, 0.4) is 0 Å². The molecular weight excluding hydrogens is 332 g/mol. The van der Waals surface area contributed by atoms with Gasteiger partial charge in [0.1, 0.15) is 11.5 Å². The molecule has 1 aromatic heterocycles. The number of Topliss-reactive ketones (excluding diaryl/α,β-unsaturated/α-hetero) is 1. The van der Waals surface area contributed by atoms with E-state index in [0.29, 0.717) is 46.9 Å². The largest absolute Gasteiger partial charge is 0.497 e. The number of methoxy groups -OCH3 is 1. The maximum absolute atomic E-state index is 12.5. The molecule has 1 aliphatic rings. The lowest BCUT2D eigenvalue weighted by Gasteiger charge is -2.09. The van der Waals surface area contributed by atoms with Crippen LogP contribution in [-0.4, -0.2) is 18.8 Å². The summed E-state index contributed by atoms with van der Waals surface area (Å²) in [7, 11) is 1.54. The van der Waals surface area contributed by atoms with Gasteiger partial charge in [0.25, 0.3) is 5.91 Å². The van der Waals surface area contributed by atoms with Crippen molar-refractivity contribution < 1.29 is 18.7 Å². The number of nitrogens with one attached hydrogen (secondary N) is 1. The van der Waals surface area contributed by atoms with Crippen LogP contribution in [0.25, 0.3) is 0 Å². The second-order valence-corrected chi connectivity index (χ2v) is 5.54. The molecule has 24 heavy (non-hydrogen) atoms. The number of hydrogen-bond acceptors (Lipinski definition) is 5. The minimum atomic E-state index is -0.426. The molecule has 1 heterocycles. The molecule has 0 radical (unpaired) electrons. The van der Waals surface area contributed by atoms with Gasteiger partial charge in [-0.2, -0.15) is 0 Å². The molecule has 3 N–H and O–H groups in total. The quantitative estimate of drug-likeness (QED) is 0.827. The van der Waals surface area contributed by atoms with Crippen LogP contribution in [0.15, 0.2) is 22.6 Å². The number of fused-ring (bicyclic) bond motifs is 1. The van der Waals surface area contributed by atoms with Crippen molar-refractivity contribution in [2.75, 3.05) is 18.2 Å². The van der Waals surface area contributed by atoms with Gasteiger partial charge in [0.15, 0.2) is 11.5 Å². The van der Waals surface area contributed by atoms with E-state index in [-0.39, 0.29) is 24.0 Å². The molecule has 0 aliphatic heterocycles. The lowest BCUT2D eigenvalue weighted by atomic mass is 9.94. The lowest BCUT2D eigenvalue weighted by molar-refractivity contribution is 0.0963. The molecule has 0 spiro atoms. The summed E-state index contributed by atoms with van der Waals surface area (Å²) in [5.74, 6) is 0.951. The Kier molecular flexibility index (Phi) is 5.19. The summed E-state index contributed by atoms with van der Waals surface area (Å²) in [6.07, 6.45) is 1.93. The zero-order valence-electron chi connectivity index (χ0n) is 13.5. The number of aryl methyl sites for hydroxylation is 1. The summed E-state index contributed by atoms with van der Waals surface area (Å²) in [4.78, 5) is 24.5. The van der Waals surface area contributed by atoms with E-state index >= 15 is 0 Å². The highest BCUT2D eigenvalue weighted by Gasteiger charge is 2.29. The number of nitrogen functional groups attached to an aromatic ring is 1. The predicted molar refractivity (Wildman–Crippen MR) is 93.3 cm³/mol. The molecule has 1 amide bonds. The molecule has 1 aromatic carbocycles. The van der Waals surface area contributed by atoms with Crippen LogP contribution in [0.2, 0.25) is 0 Å². The number of hydrogen-bond donors (Lipinski definition) is 2. The Morgan fingerprint density at radius 3 is 2.75 bits per heavy atom. The van der Waals surface area contributed by atoms with Crippen molar-refractivity contribution in [1.82, 2.24) is 0 Å². The maximum Gasteiger partial charge on any atom is 0.291 e. The fraction of sp³-hybridized carbons (Fsp3) is 0.294. The number of halogens is 1. The van der Waals surface area contributed by atoms with Gasteiger partial charge in [0.05, 0.1) is 24.0 Å². The number of furan rings is 1. The summed E-state index contributed by atoms with van der Waals surface area (Å²) >= 11 is 0. The normalized spacial score (nSPS) is 13.0. The maximum atomic E-state index is 12.5. The molecule has 0 fully saturated rings. The summed E-state index contributed by atoms with van der Waals surface area (Å²) in [6, 6.07) is 5.00. The number of ether oxygens (including phenoxy) is 1. The molecule has 7 heteroatoms. The highest BCUT2D eigenvalue weighted by molar-refractivity contribution is 6.08. The van der Waals surface area contributed by atoms with Gasteiger partial charge in [0, 0.05) is 24.5 Å². The zero-order chi connectivity index (χ0) is 16.6. The number of anilines is 2. The average molecular weight is 351 g/mol. The molecule has 0 atom stereocenters. The van der Waals surface area contributed by atoms with E-state index in [9.17, 15) is 9.59 Å². The molecule has 2 aromatic rings. The van der Waals surface area contributed by atoms with E-state index in [1.54, 1.807) is 25.1 Å². The minimum absolute atomic E-state index is 0. The van der Waals surface area contributed by atoms with Crippen LogP contribution >= 0.6 is 12.4 Å². The Balaban J connectivity index is 0.00000208. The SMILES string of the molecule is COc1ccc(N)c(NC(=O)c2oc3c(c2C)C(=O)CCC3)c1.Cl. The van der Waals surface area contributed by atoms with Crippen LogP contribution in [-0.2, 0) is 6.42 Å². The Morgan fingerprint density at radius 2 is 2.08 bits per heavy atom. The van der Waals surface area contributed by atoms with E-state index in [0.717, 1.165) is 6.42 Å². The molecule has 0 saturated heterocycles. The third kappa shape index (κ3) is 3.10. The Hall–Kier alpha value is -2.47. The van der Waals surface area contributed by atoms with Gasteiger partial charge in [-0.25, -0.2) is 0 Å². The van der Waals surface area contributed by atoms with Crippen LogP contribution in [0.5, 0.6) is 5.75 Å². The van der Waals surface area contributed by atoms with Crippen molar-refractivity contribution in [2.24, 2.45) is 0 Å². The van der Waals surface area contributed by atoms with E-state index < -0.39 is 5.91 Å². The molecule has 0 saturated carbocycles. The van der Waals surface area contributed by atoms with Gasteiger partial charge in [-0.15, -0.1) is 12.4 Å². The van der Waals surface area contributed by atoms with E-state index in [4.69, 9.17) is 14.9 Å². The van der Waals surface area contributed by atoms with Gasteiger partial charge >= 0.3 is 0 Å². The van der Waals surface area contributed by atoms with Crippen molar-refractivity contribution in [2.45, 2.75) is 26.2 Å². The first-order valence-corrected chi connectivity index (χ1v) is 7.41. The number of carbonyl (C=O) groups is 2.